The third kappa shape index (κ3) is 17.8. The van der Waals surface area contributed by atoms with E-state index in [-0.39, 0.29) is 0 Å². The predicted octanol–water partition coefficient (Wildman–Crippen LogP) is 1.96. The Morgan fingerprint density at radius 1 is 1.45 bits per heavy atom. The molecule has 0 rings (SSSR count). The lowest BCUT2D eigenvalue weighted by Gasteiger charge is -1.91. The van der Waals surface area contributed by atoms with Crippen molar-refractivity contribution in [3.8, 4) is 6.07 Å². The molecule has 0 bridgehead atoms. The molecule has 0 atom stereocenters. The minimum atomic E-state index is -0.824. The third-order valence-corrected chi connectivity index (χ3v) is 0.359. The van der Waals surface area contributed by atoms with E-state index in [9.17, 15) is 4.79 Å². The Morgan fingerprint density at radius 3 is 1.91 bits per heavy atom. The van der Waals surface area contributed by atoms with Crippen LogP contribution in [-0.2, 0) is 9.47 Å². The average Bonchev–Trinajstić information content (AvgIpc) is 1.90. The van der Waals surface area contributed by atoms with Crippen molar-refractivity contribution in [1.29, 1.82) is 5.26 Å². The summed E-state index contributed by atoms with van der Waals surface area (Å²) in [7, 11) is 0. The highest BCUT2D eigenvalue weighted by Gasteiger charge is 1.93. The molecule has 60 valence electrons. The van der Waals surface area contributed by atoms with Crippen LogP contribution in [0.4, 0.5) is 4.79 Å². The van der Waals surface area contributed by atoms with E-state index in [1.807, 2.05) is 0 Å². The number of ether oxygens (including phenoxy) is 2. The molecule has 0 unspecified atom stereocenters. The summed E-state index contributed by atoms with van der Waals surface area (Å²) in [6, 6.07) is 1.75. The Bertz CT molecular complexity index is 157. The van der Waals surface area contributed by atoms with Crippen molar-refractivity contribution < 1.29 is 14.3 Å². The van der Waals surface area contributed by atoms with E-state index in [0.717, 1.165) is 12.5 Å². The van der Waals surface area contributed by atoms with E-state index in [2.05, 4.69) is 22.6 Å². The zero-order chi connectivity index (χ0) is 9.11. The van der Waals surface area contributed by atoms with Gasteiger partial charge in [-0.15, -0.1) is 0 Å². The predicted molar refractivity (Wildman–Crippen MR) is 39.2 cm³/mol. The summed E-state index contributed by atoms with van der Waals surface area (Å²) in [5.74, 6) is 0. The molecule has 0 heterocycles. The lowest BCUT2D eigenvalue weighted by Crippen LogP contribution is -1.96. The fourth-order valence-corrected chi connectivity index (χ4v) is 0.164. The molecule has 0 aliphatic rings. The molecule has 0 aromatic rings. The van der Waals surface area contributed by atoms with Crippen LogP contribution >= 0.6 is 0 Å². The second-order valence-corrected chi connectivity index (χ2v) is 1.04. The number of hydrogen-bond donors (Lipinski definition) is 0. The molecule has 0 spiro atoms. The highest BCUT2D eigenvalue weighted by atomic mass is 16.7. The van der Waals surface area contributed by atoms with E-state index in [1.165, 1.54) is 6.92 Å². The smallest absolute Gasteiger partial charge is 0.403 e. The third-order valence-electron chi connectivity index (χ3n) is 0.359. The molecule has 0 aliphatic carbocycles. The van der Waals surface area contributed by atoms with Gasteiger partial charge in [-0.3, -0.25) is 0 Å². The largest absolute Gasteiger partial charge is 0.518 e. The number of rotatable bonds is 2. The number of nitrogens with zero attached hydrogens (tertiary/aromatic N) is 1. The molecule has 0 radical (unpaired) electrons. The standard InChI is InChI=1S/C5H6O3.C2H3N/c1-3-7-5(6)8-4-2;1-2-3/h3-4H,1-2H2;1H3. The molecular weight excluding hydrogens is 146 g/mol. The first-order valence-corrected chi connectivity index (χ1v) is 2.62. The maximum Gasteiger partial charge on any atom is 0.518 e. The van der Waals surface area contributed by atoms with Gasteiger partial charge < -0.3 is 9.47 Å². The van der Waals surface area contributed by atoms with E-state index in [0.29, 0.717) is 0 Å². The summed E-state index contributed by atoms with van der Waals surface area (Å²) in [4.78, 5) is 10.1. The van der Waals surface area contributed by atoms with Crippen molar-refractivity contribution in [3.63, 3.8) is 0 Å². The van der Waals surface area contributed by atoms with Crippen LogP contribution in [0, 0.1) is 11.3 Å². The van der Waals surface area contributed by atoms with Crippen LogP contribution in [0.3, 0.4) is 0 Å². The summed E-state index contributed by atoms with van der Waals surface area (Å²) in [6.07, 6.45) is 1.13. The second-order valence-electron chi connectivity index (χ2n) is 1.04. The van der Waals surface area contributed by atoms with Crippen molar-refractivity contribution >= 4 is 6.16 Å². The molecule has 0 saturated heterocycles. The van der Waals surface area contributed by atoms with Gasteiger partial charge in [0.15, 0.2) is 0 Å². The molecule has 0 aromatic carbocycles. The van der Waals surface area contributed by atoms with Gasteiger partial charge in [0.05, 0.1) is 18.6 Å². The van der Waals surface area contributed by atoms with Crippen LogP contribution < -0.4 is 0 Å². The average molecular weight is 155 g/mol. The SMILES string of the molecule is C=COC(=O)OC=C.CC#N. The van der Waals surface area contributed by atoms with Gasteiger partial charge in [-0.25, -0.2) is 4.79 Å². The maximum atomic E-state index is 10.1. The van der Waals surface area contributed by atoms with E-state index < -0.39 is 6.16 Å². The molecule has 4 heteroatoms. The van der Waals surface area contributed by atoms with Gasteiger partial charge in [0.1, 0.15) is 0 Å². The Labute approximate surface area is 65.3 Å². The molecule has 0 aliphatic heterocycles. The van der Waals surface area contributed by atoms with Crippen molar-refractivity contribution in [3.05, 3.63) is 25.7 Å². The van der Waals surface area contributed by atoms with Gasteiger partial charge in [0.2, 0.25) is 0 Å². The second kappa shape index (κ2) is 11.1. The molecule has 0 N–H and O–H groups in total. The maximum absolute atomic E-state index is 10.1. The van der Waals surface area contributed by atoms with Crippen molar-refractivity contribution in [2.24, 2.45) is 0 Å². The molecule has 0 fully saturated rings. The van der Waals surface area contributed by atoms with Gasteiger partial charge in [0, 0.05) is 6.92 Å². The minimum absolute atomic E-state index is 0.824. The number of nitriles is 1. The van der Waals surface area contributed by atoms with Crippen molar-refractivity contribution in [2.75, 3.05) is 0 Å². The van der Waals surface area contributed by atoms with E-state index in [4.69, 9.17) is 5.26 Å². The number of carbonyl (C=O) groups is 1. The van der Waals surface area contributed by atoms with E-state index in [1.54, 1.807) is 6.07 Å². The number of carbonyl (C=O) groups excluding carboxylic acids is 1. The van der Waals surface area contributed by atoms with Crippen molar-refractivity contribution in [1.82, 2.24) is 0 Å². The summed E-state index contributed by atoms with van der Waals surface area (Å²) in [6.45, 7) is 7.68. The zero-order valence-corrected chi connectivity index (χ0v) is 6.24. The fraction of sp³-hybridized carbons (Fsp3) is 0.143. The minimum Gasteiger partial charge on any atom is -0.403 e. The summed E-state index contributed by atoms with van der Waals surface area (Å²) < 4.78 is 8.23. The molecule has 0 saturated carbocycles. The Balaban J connectivity index is 0. The Kier molecular flexibility index (Phi) is 12.1. The highest BCUT2D eigenvalue weighted by molar-refractivity contribution is 5.61. The fourth-order valence-electron chi connectivity index (χ4n) is 0.164. The quantitative estimate of drug-likeness (QED) is 0.451. The van der Waals surface area contributed by atoms with Crippen LogP contribution in [0.5, 0.6) is 0 Å². The first-order valence-electron chi connectivity index (χ1n) is 2.62. The number of hydrogen-bond acceptors (Lipinski definition) is 4. The van der Waals surface area contributed by atoms with Crippen LogP contribution in [-0.4, -0.2) is 6.16 Å². The van der Waals surface area contributed by atoms with Crippen LogP contribution in [0.25, 0.3) is 0 Å². The van der Waals surface area contributed by atoms with Crippen LogP contribution in [0.15, 0.2) is 25.7 Å². The summed E-state index contributed by atoms with van der Waals surface area (Å²) in [5.41, 5.74) is 0. The molecule has 0 amide bonds. The molecule has 4 nitrogen and oxygen atoms in total. The molecular formula is C7H9NO3. The Morgan fingerprint density at radius 2 is 1.73 bits per heavy atom. The summed E-state index contributed by atoms with van der Waals surface area (Å²) in [5, 5.41) is 7.32. The van der Waals surface area contributed by atoms with Gasteiger partial charge in [-0.2, -0.15) is 5.26 Å². The zero-order valence-electron chi connectivity index (χ0n) is 6.24. The van der Waals surface area contributed by atoms with Gasteiger partial charge in [-0.1, -0.05) is 13.2 Å². The highest BCUT2D eigenvalue weighted by Crippen LogP contribution is 1.83. The van der Waals surface area contributed by atoms with Crippen molar-refractivity contribution in [2.45, 2.75) is 6.92 Å². The van der Waals surface area contributed by atoms with Gasteiger partial charge >= 0.3 is 6.16 Å². The lowest BCUT2D eigenvalue weighted by molar-refractivity contribution is 0.120. The monoisotopic (exact) mass is 155 g/mol. The first-order chi connectivity index (χ1) is 5.22. The van der Waals surface area contributed by atoms with Crippen LogP contribution in [0.2, 0.25) is 0 Å². The Hall–Kier alpha value is -1.76. The van der Waals surface area contributed by atoms with Gasteiger partial charge in [0.25, 0.3) is 0 Å². The topological polar surface area (TPSA) is 59.3 Å². The lowest BCUT2D eigenvalue weighted by atomic mass is 11.0. The molecule has 11 heavy (non-hydrogen) atoms. The van der Waals surface area contributed by atoms with Crippen LogP contribution in [0.1, 0.15) is 6.92 Å². The summed E-state index contributed by atoms with van der Waals surface area (Å²) >= 11 is 0. The normalized spacial score (nSPS) is 5.82. The van der Waals surface area contributed by atoms with E-state index >= 15 is 0 Å². The molecule has 0 aromatic heterocycles. The van der Waals surface area contributed by atoms with Gasteiger partial charge in [-0.05, 0) is 0 Å². The first kappa shape index (κ1) is 12.0.